The lowest BCUT2D eigenvalue weighted by atomic mass is 10.1. The third kappa shape index (κ3) is 4.59. The average molecular weight is 399 g/mol. The Hall–Kier alpha value is -3.10. The summed E-state index contributed by atoms with van der Waals surface area (Å²) in [5, 5.41) is 0.345. The van der Waals surface area contributed by atoms with Gasteiger partial charge in [0.15, 0.2) is 28.8 Å². The maximum Gasteiger partial charge on any atom is 0.185 e. The van der Waals surface area contributed by atoms with Crippen LogP contribution in [0.25, 0.3) is 6.08 Å². The van der Waals surface area contributed by atoms with Crippen LogP contribution in [0.1, 0.15) is 22.3 Å². The Morgan fingerprint density at radius 2 is 2.04 bits per heavy atom. The Kier molecular flexibility index (Phi) is 6.46. The van der Waals surface area contributed by atoms with Gasteiger partial charge in [-0.1, -0.05) is 23.6 Å². The summed E-state index contributed by atoms with van der Waals surface area (Å²) in [6, 6.07) is 8.55. The molecule has 28 heavy (non-hydrogen) atoms. The van der Waals surface area contributed by atoms with Crippen LogP contribution in [0, 0.1) is 12.3 Å². The van der Waals surface area contributed by atoms with Gasteiger partial charge >= 0.3 is 0 Å². The zero-order chi connectivity index (χ0) is 19.9. The number of rotatable bonds is 6. The quantitative estimate of drug-likeness (QED) is 0.409. The van der Waals surface area contributed by atoms with Gasteiger partial charge in [-0.2, -0.15) is 0 Å². The number of carbonyl (C=O) groups excluding carboxylic acids is 1. The smallest absolute Gasteiger partial charge is 0.185 e. The number of hydrogen-bond acceptors (Lipinski definition) is 5. The van der Waals surface area contributed by atoms with Crippen LogP contribution < -0.4 is 18.9 Å². The molecule has 0 aliphatic carbocycles. The molecule has 0 atom stereocenters. The molecule has 3 rings (SSSR count). The minimum absolute atomic E-state index is 0.0772. The van der Waals surface area contributed by atoms with Crippen LogP contribution >= 0.6 is 11.6 Å². The number of fused-ring (bicyclic) bond motifs is 1. The van der Waals surface area contributed by atoms with Crippen LogP contribution in [0.4, 0.5) is 0 Å². The fourth-order valence-electron chi connectivity index (χ4n) is 2.67. The highest BCUT2D eigenvalue weighted by molar-refractivity contribution is 6.32. The molecule has 144 valence electrons. The highest BCUT2D eigenvalue weighted by Crippen LogP contribution is 2.37. The van der Waals surface area contributed by atoms with E-state index in [1.165, 1.54) is 13.2 Å². The summed E-state index contributed by atoms with van der Waals surface area (Å²) in [7, 11) is 1.50. The number of halogens is 1. The monoisotopic (exact) mass is 398 g/mol. The van der Waals surface area contributed by atoms with E-state index in [2.05, 4.69) is 5.92 Å². The number of ether oxygens (including phenoxy) is 4. The third-order valence-corrected chi connectivity index (χ3v) is 4.29. The van der Waals surface area contributed by atoms with E-state index in [-0.39, 0.29) is 12.4 Å². The number of methoxy groups -OCH3 is 1. The van der Waals surface area contributed by atoms with Crippen molar-refractivity contribution in [2.75, 3.05) is 26.9 Å². The molecule has 0 radical (unpaired) electrons. The molecular formula is C22H19ClO5. The van der Waals surface area contributed by atoms with Crippen molar-refractivity contribution in [2.24, 2.45) is 0 Å². The highest BCUT2D eigenvalue weighted by Gasteiger charge is 2.14. The summed E-state index contributed by atoms with van der Waals surface area (Å²) in [5.74, 6) is 4.25. The van der Waals surface area contributed by atoms with Crippen molar-refractivity contribution in [3.8, 4) is 35.3 Å². The standard InChI is InChI=1S/C22H19ClO5/c1-3-9-28-22-17(23)12-15(13-21(22)25-2)5-7-18(24)16-6-8-19-20(14-16)27-11-4-10-26-19/h1,5-8,12-14H,4,9-11H2,2H3/b7-5+. The van der Waals surface area contributed by atoms with Crippen molar-refractivity contribution in [3.63, 3.8) is 0 Å². The molecule has 5 nitrogen and oxygen atoms in total. The summed E-state index contributed by atoms with van der Waals surface area (Å²) in [5.41, 5.74) is 1.20. The third-order valence-electron chi connectivity index (χ3n) is 4.01. The van der Waals surface area contributed by atoms with E-state index in [4.69, 9.17) is 37.0 Å². The maximum atomic E-state index is 12.5. The van der Waals surface area contributed by atoms with Crippen molar-refractivity contribution in [2.45, 2.75) is 6.42 Å². The average Bonchev–Trinajstić information content (AvgIpc) is 2.95. The summed E-state index contributed by atoms with van der Waals surface area (Å²) >= 11 is 6.25. The molecule has 2 aromatic carbocycles. The molecule has 0 bridgehead atoms. The lowest BCUT2D eigenvalue weighted by Crippen LogP contribution is -1.99. The molecule has 1 aliphatic rings. The number of ketones is 1. The van der Waals surface area contributed by atoms with Gasteiger partial charge < -0.3 is 18.9 Å². The zero-order valence-electron chi connectivity index (χ0n) is 15.4. The maximum absolute atomic E-state index is 12.5. The Morgan fingerprint density at radius 1 is 1.25 bits per heavy atom. The molecule has 1 aliphatic heterocycles. The van der Waals surface area contributed by atoms with Gasteiger partial charge in [0.2, 0.25) is 0 Å². The molecule has 0 amide bonds. The lowest BCUT2D eigenvalue weighted by molar-refractivity contribution is 0.104. The summed E-state index contributed by atoms with van der Waals surface area (Å²) in [6.07, 6.45) is 9.14. The first-order chi connectivity index (χ1) is 13.6. The Labute approximate surface area is 168 Å². The second-order valence-electron chi connectivity index (χ2n) is 5.94. The van der Waals surface area contributed by atoms with Gasteiger partial charge in [0, 0.05) is 12.0 Å². The molecule has 0 saturated heterocycles. The molecule has 6 heteroatoms. The number of allylic oxidation sites excluding steroid dienone is 1. The molecule has 1 heterocycles. The van der Waals surface area contributed by atoms with Gasteiger partial charge in [-0.05, 0) is 42.0 Å². The highest BCUT2D eigenvalue weighted by atomic mass is 35.5. The summed E-state index contributed by atoms with van der Waals surface area (Å²) in [6.45, 7) is 1.24. The van der Waals surface area contributed by atoms with E-state index in [0.29, 0.717) is 52.4 Å². The first-order valence-electron chi connectivity index (χ1n) is 8.68. The van der Waals surface area contributed by atoms with Crippen LogP contribution in [0.5, 0.6) is 23.0 Å². The minimum atomic E-state index is -0.168. The fraction of sp³-hybridized carbons (Fsp3) is 0.227. The van der Waals surface area contributed by atoms with Gasteiger partial charge in [-0.15, -0.1) is 6.42 Å². The summed E-state index contributed by atoms with van der Waals surface area (Å²) in [4.78, 5) is 12.5. The van der Waals surface area contributed by atoms with Gasteiger partial charge in [0.1, 0.15) is 6.61 Å². The minimum Gasteiger partial charge on any atom is -0.493 e. The predicted molar refractivity (Wildman–Crippen MR) is 108 cm³/mol. The second-order valence-corrected chi connectivity index (χ2v) is 6.34. The van der Waals surface area contributed by atoms with E-state index in [0.717, 1.165) is 6.42 Å². The van der Waals surface area contributed by atoms with E-state index in [1.807, 2.05) is 0 Å². The normalized spacial score (nSPS) is 12.9. The molecule has 0 saturated carbocycles. The van der Waals surface area contributed by atoms with Crippen LogP contribution in [-0.4, -0.2) is 32.7 Å². The lowest BCUT2D eigenvalue weighted by Gasteiger charge is -2.11. The second kappa shape index (κ2) is 9.20. The number of benzene rings is 2. The van der Waals surface area contributed by atoms with E-state index in [9.17, 15) is 4.79 Å². The van der Waals surface area contributed by atoms with E-state index in [1.54, 1.807) is 36.4 Å². The van der Waals surface area contributed by atoms with Crippen LogP contribution in [0.3, 0.4) is 0 Å². The van der Waals surface area contributed by atoms with Crippen molar-refractivity contribution in [3.05, 3.63) is 52.6 Å². The molecule has 0 spiro atoms. The van der Waals surface area contributed by atoms with Gasteiger partial charge in [0.25, 0.3) is 0 Å². The molecule has 0 aromatic heterocycles. The number of carbonyl (C=O) groups is 1. The van der Waals surface area contributed by atoms with E-state index >= 15 is 0 Å². The topological polar surface area (TPSA) is 54.0 Å². The van der Waals surface area contributed by atoms with Gasteiger partial charge in [-0.25, -0.2) is 0 Å². The number of hydrogen-bond donors (Lipinski definition) is 0. The SMILES string of the molecule is C#CCOc1c(Cl)cc(/C=C/C(=O)c2ccc3c(c2)OCCCO3)cc1OC. The number of terminal acetylenes is 1. The predicted octanol–water partition coefficient (Wildman–Crippen LogP) is 4.42. The molecule has 2 aromatic rings. The van der Waals surface area contributed by atoms with Crippen molar-refractivity contribution in [1.82, 2.24) is 0 Å². The molecule has 0 unspecified atom stereocenters. The van der Waals surface area contributed by atoms with Gasteiger partial charge in [0.05, 0.1) is 25.3 Å². The first-order valence-corrected chi connectivity index (χ1v) is 9.06. The zero-order valence-corrected chi connectivity index (χ0v) is 16.1. The van der Waals surface area contributed by atoms with Crippen molar-refractivity contribution in [1.29, 1.82) is 0 Å². The van der Waals surface area contributed by atoms with Crippen LogP contribution in [-0.2, 0) is 0 Å². The van der Waals surface area contributed by atoms with Crippen LogP contribution in [0.2, 0.25) is 5.02 Å². The Balaban J connectivity index is 1.80. The molecular weight excluding hydrogens is 380 g/mol. The van der Waals surface area contributed by atoms with Gasteiger partial charge in [-0.3, -0.25) is 4.79 Å². The Morgan fingerprint density at radius 3 is 2.79 bits per heavy atom. The van der Waals surface area contributed by atoms with Crippen LogP contribution in [0.15, 0.2) is 36.4 Å². The van der Waals surface area contributed by atoms with Crippen molar-refractivity contribution < 1.29 is 23.7 Å². The van der Waals surface area contributed by atoms with E-state index < -0.39 is 0 Å². The largest absolute Gasteiger partial charge is 0.493 e. The molecule has 0 N–H and O–H groups in total. The fourth-order valence-corrected chi connectivity index (χ4v) is 2.95. The Bertz CT molecular complexity index is 943. The first kappa shape index (κ1) is 19.7. The summed E-state index contributed by atoms with van der Waals surface area (Å²) < 4.78 is 21.9. The van der Waals surface area contributed by atoms with Crippen molar-refractivity contribution >= 4 is 23.5 Å². The molecule has 0 fully saturated rings.